The Morgan fingerprint density at radius 3 is 2.70 bits per heavy atom. The highest BCUT2D eigenvalue weighted by molar-refractivity contribution is 6.35. The zero-order valence-electron chi connectivity index (χ0n) is 12.1. The van der Waals surface area contributed by atoms with E-state index in [-0.39, 0.29) is 5.54 Å². The zero-order chi connectivity index (χ0) is 14.3. The summed E-state index contributed by atoms with van der Waals surface area (Å²) in [5.74, 6) is 0.557. The van der Waals surface area contributed by atoms with Crippen molar-refractivity contribution >= 4 is 28.6 Å². The molecule has 108 valence electrons. The van der Waals surface area contributed by atoms with Crippen molar-refractivity contribution in [3.05, 3.63) is 23.2 Å². The standard InChI is InChI=1S/C15H21ClN4/c1-19(2)15(8-3-4-9-15)10-20-13-11(16)6-5-7-12(13)18-14(20)17/h5-7H,3-4,8-10H2,1-2H3,(H2,17,18). The van der Waals surface area contributed by atoms with Crippen molar-refractivity contribution in [1.82, 2.24) is 14.5 Å². The van der Waals surface area contributed by atoms with E-state index >= 15 is 0 Å². The highest BCUT2D eigenvalue weighted by atomic mass is 35.5. The number of halogens is 1. The minimum Gasteiger partial charge on any atom is -0.369 e. The van der Waals surface area contributed by atoms with Gasteiger partial charge in [-0.3, -0.25) is 0 Å². The molecule has 1 aliphatic rings. The predicted octanol–water partition coefficient (Wildman–Crippen LogP) is 3.15. The van der Waals surface area contributed by atoms with Gasteiger partial charge in [0.25, 0.3) is 0 Å². The summed E-state index contributed by atoms with van der Waals surface area (Å²) in [6.45, 7) is 0.853. The highest BCUT2D eigenvalue weighted by Crippen LogP contribution is 2.37. The number of rotatable bonds is 3. The Morgan fingerprint density at radius 1 is 1.35 bits per heavy atom. The Labute approximate surface area is 124 Å². The van der Waals surface area contributed by atoms with Gasteiger partial charge in [-0.05, 0) is 39.1 Å². The lowest BCUT2D eigenvalue weighted by atomic mass is 9.96. The Hall–Kier alpha value is -1.26. The number of nitrogens with zero attached hydrogens (tertiary/aromatic N) is 3. The average molecular weight is 293 g/mol. The van der Waals surface area contributed by atoms with E-state index < -0.39 is 0 Å². The molecule has 1 aromatic carbocycles. The van der Waals surface area contributed by atoms with Crippen LogP contribution in [-0.4, -0.2) is 34.1 Å². The predicted molar refractivity (Wildman–Crippen MR) is 84.0 cm³/mol. The van der Waals surface area contributed by atoms with Crippen molar-refractivity contribution in [3.63, 3.8) is 0 Å². The smallest absolute Gasteiger partial charge is 0.201 e. The van der Waals surface area contributed by atoms with E-state index in [1.807, 2.05) is 18.2 Å². The van der Waals surface area contributed by atoms with Crippen LogP contribution in [0.15, 0.2) is 18.2 Å². The van der Waals surface area contributed by atoms with Crippen molar-refractivity contribution in [1.29, 1.82) is 0 Å². The number of nitrogens with two attached hydrogens (primary N) is 1. The lowest BCUT2D eigenvalue weighted by Crippen LogP contribution is -2.45. The second-order valence-corrected chi connectivity index (χ2v) is 6.40. The summed E-state index contributed by atoms with van der Waals surface area (Å²) < 4.78 is 2.09. The fourth-order valence-electron chi connectivity index (χ4n) is 3.39. The molecule has 20 heavy (non-hydrogen) atoms. The van der Waals surface area contributed by atoms with Crippen molar-refractivity contribution in [2.45, 2.75) is 37.8 Å². The van der Waals surface area contributed by atoms with E-state index in [1.165, 1.54) is 25.7 Å². The maximum Gasteiger partial charge on any atom is 0.201 e. The number of imidazole rings is 1. The number of hydrogen-bond donors (Lipinski definition) is 1. The van der Waals surface area contributed by atoms with Crippen LogP contribution >= 0.6 is 11.6 Å². The summed E-state index contributed by atoms with van der Waals surface area (Å²) in [6, 6.07) is 5.78. The van der Waals surface area contributed by atoms with Crippen LogP contribution in [0.5, 0.6) is 0 Å². The molecule has 0 atom stereocenters. The van der Waals surface area contributed by atoms with Crippen LogP contribution in [0.4, 0.5) is 5.95 Å². The van der Waals surface area contributed by atoms with Crippen LogP contribution in [0, 0.1) is 0 Å². The van der Waals surface area contributed by atoms with Gasteiger partial charge in [0.15, 0.2) is 0 Å². The first-order chi connectivity index (χ1) is 9.53. The van der Waals surface area contributed by atoms with Crippen LogP contribution in [0.1, 0.15) is 25.7 Å². The van der Waals surface area contributed by atoms with Crippen LogP contribution in [-0.2, 0) is 6.54 Å². The van der Waals surface area contributed by atoms with Crippen molar-refractivity contribution in [2.75, 3.05) is 19.8 Å². The van der Waals surface area contributed by atoms with E-state index in [2.05, 4.69) is 28.5 Å². The Morgan fingerprint density at radius 2 is 2.05 bits per heavy atom. The first kappa shape index (κ1) is 13.7. The molecule has 1 heterocycles. The van der Waals surface area contributed by atoms with Gasteiger partial charge in [0, 0.05) is 12.1 Å². The largest absolute Gasteiger partial charge is 0.369 e. The molecule has 0 aliphatic heterocycles. The second kappa shape index (κ2) is 4.93. The Bertz CT molecular complexity index is 626. The molecule has 0 unspecified atom stereocenters. The summed E-state index contributed by atoms with van der Waals surface area (Å²) >= 11 is 6.36. The molecule has 1 aliphatic carbocycles. The van der Waals surface area contributed by atoms with Crippen LogP contribution in [0.2, 0.25) is 5.02 Å². The van der Waals surface area contributed by atoms with E-state index in [0.717, 1.165) is 22.6 Å². The number of benzene rings is 1. The molecule has 2 aromatic rings. The maximum absolute atomic E-state index is 6.36. The molecule has 0 saturated heterocycles. The summed E-state index contributed by atoms with van der Waals surface area (Å²) in [4.78, 5) is 6.78. The molecule has 4 nitrogen and oxygen atoms in total. The fraction of sp³-hybridized carbons (Fsp3) is 0.533. The number of aromatic nitrogens is 2. The SMILES string of the molecule is CN(C)C1(Cn2c(N)nc3cccc(Cl)c32)CCCC1. The van der Waals surface area contributed by atoms with Gasteiger partial charge in [0.05, 0.1) is 16.1 Å². The first-order valence-corrected chi connectivity index (χ1v) is 7.49. The van der Waals surface area contributed by atoms with Gasteiger partial charge in [-0.25, -0.2) is 4.98 Å². The zero-order valence-corrected chi connectivity index (χ0v) is 12.8. The first-order valence-electron chi connectivity index (χ1n) is 7.11. The second-order valence-electron chi connectivity index (χ2n) is 5.99. The minimum atomic E-state index is 0.168. The van der Waals surface area contributed by atoms with Crippen molar-refractivity contribution in [2.24, 2.45) is 0 Å². The van der Waals surface area contributed by atoms with Gasteiger partial charge in [-0.15, -0.1) is 0 Å². The number of fused-ring (bicyclic) bond motifs is 1. The Kier molecular flexibility index (Phi) is 3.38. The molecule has 1 saturated carbocycles. The summed E-state index contributed by atoms with van der Waals surface area (Å²) in [6.07, 6.45) is 4.95. The molecule has 0 amide bonds. The molecule has 1 fully saturated rings. The quantitative estimate of drug-likeness (QED) is 0.945. The van der Waals surface area contributed by atoms with Gasteiger partial charge < -0.3 is 15.2 Å². The average Bonchev–Trinajstić information content (AvgIpc) is 2.97. The van der Waals surface area contributed by atoms with Gasteiger partial charge in [-0.1, -0.05) is 30.5 Å². The molecular formula is C15H21ClN4. The lowest BCUT2D eigenvalue weighted by Gasteiger charge is -2.37. The fourth-order valence-corrected chi connectivity index (χ4v) is 3.67. The number of likely N-dealkylation sites (N-methyl/N-ethyl adjacent to an activating group) is 1. The molecule has 0 bridgehead atoms. The monoisotopic (exact) mass is 292 g/mol. The van der Waals surface area contributed by atoms with Gasteiger partial charge >= 0.3 is 0 Å². The van der Waals surface area contributed by atoms with Gasteiger partial charge in [-0.2, -0.15) is 0 Å². The number of nitrogen functional groups attached to an aromatic ring is 1. The van der Waals surface area contributed by atoms with Crippen molar-refractivity contribution in [3.8, 4) is 0 Å². The van der Waals surface area contributed by atoms with E-state index in [9.17, 15) is 0 Å². The molecule has 2 N–H and O–H groups in total. The third-order valence-electron chi connectivity index (χ3n) is 4.68. The molecule has 5 heteroatoms. The lowest BCUT2D eigenvalue weighted by molar-refractivity contribution is 0.136. The summed E-state index contributed by atoms with van der Waals surface area (Å²) in [7, 11) is 4.31. The highest BCUT2D eigenvalue weighted by Gasteiger charge is 2.37. The van der Waals surface area contributed by atoms with Crippen LogP contribution in [0.25, 0.3) is 11.0 Å². The maximum atomic E-state index is 6.36. The molecule has 0 radical (unpaired) electrons. The third-order valence-corrected chi connectivity index (χ3v) is 4.99. The third kappa shape index (κ3) is 2.07. The normalized spacial score (nSPS) is 18.2. The molecular weight excluding hydrogens is 272 g/mol. The number of para-hydroxylation sites is 1. The van der Waals surface area contributed by atoms with Crippen molar-refractivity contribution < 1.29 is 0 Å². The van der Waals surface area contributed by atoms with Gasteiger partial charge in [0.1, 0.15) is 0 Å². The van der Waals surface area contributed by atoms with Crippen LogP contribution in [0.3, 0.4) is 0 Å². The van der Waals surface area contributed by atoms with E-state index in [4.69, 9.17) is 17.3 Å². The molecule has 0 spiro atoms. The topological polar surface area (TPSA) is 47.1 Å². The van der Waals surface area contributed by atoms with E-state index in [1.54, 1.807) is 0 Å². The van der Waals surface area contributed by atoms with E-state index in [0.29, 0.717) is 5.95 Å². The summed E-state index contributed by atoms with van der Waals surface area (Å²) in [5, 5.41) is 0.721. The molecule has 1 aromatic heterocycles. The minimum absolute atomic E-state index is 0.168. The summed E-state index contributed by atoms with van der Waals surface area (Å²) in [5.41, 5.74) is 8.14. The molecule has 3 rings (SSSR count). The van der Waals surface area contributed by atoms with Crippen LogP contribution < -0.4 is 5.73 Å². The Balaban J connectivity index is 2.08. The number of anilines is 1. The van der Waals surface area contributed by atoms with Gasteiger partial charge in [0.2, 0.25) is 5.95 Å². The number of hydrogen-bond acceptors (Lipinski definition) is 3.